The molecule has 0 bridgehead atoms. The Balaban J connectivity index is 1.98. The van der Waals surface area contributed by atoms with E-state index in [1.807, 2.05) is 6.92 Å². The fraction of sp³-hybridized carbons (Fsp3) is 0.600. The van der Waals surface area contributed by atoms with Gasteiger partial charge in [0.15, 0.2) is 0 Å². The maximum absolute atomic E-state index is 5.52. The van der Waals surface area contributed by atoms with Gasteiger partial charge < -0.3 is 15.4 Å². The summed E-state index contributed by atoms with van der Waals surface area (Å²) in [5.74, 6) is 0. The van der Waals surface area contributed by atoms with Gasteiger partial charge in [0.25, 0.3) is 0 Å². The molecule has 1 aromatic carbocycles. The molecule has 0 aromatic heterocycles. The van der Waals surface area contributed by atoms with Crippen molar-refractivity contribution in [2.24, 2.45) is 0 Å². The van der Waals surface area contributed by atoms with Gasteiger partial charge in [-0.25, -0.2) is 0 Å². The Kier molecular flexibility index (Phi) is 5.49. The number of hydrogen-bond donors (Lipinski definition) is 2. The van der Waals surface area contributed by atoms with Gasteiger partial charge in [-0.15, -0.1) is 0 Å². The Bertz CT molecular complexity index is 346. The van der Waals surface area contributed by atoms with E-state index in [1.165, 1.54) is 30.5 Å². The highest BCUT2D eigenvalue weighted by Gasteiger charge is 2.12. The van der Waals surface area contributed by atoms with Crippen molar-refractivity contribution in [3.63, 3.8) is 0 Å². The van der Waals surface area contributed by atoms with Gasteiger partial charge in [0.1, 0.15) is 0 Å². The minimum absolute atomic E-state index is 0.586. The lowest BCUT2D eigenvalue weighted by molar-refractivity contribution is 0.134. The molecule has 1 saturated heterocycles. The van der Waals surface area contributed by atoms with Crippen LogP contribution >= 0.6 is 0 Å². The van der Waals surface area contributed by atoms with Gasteiger partial charge in [-0.3, -0.25) is 0 Å². The normalized spacial score (nSPS) is 20.4. The summed E-state index contributed by atoms with van der Waals surface area (Å²) in [6.45, 7) is 5.77. The molecule has 1 unspecified atom stereocenters. The number of benzene rings is 1. The smallest absolute Gasteiger partial charge is 0.0736 e. The van der Waals surface area contributed by atoms with Crippen LogP contribution in [-0.4, -0.2) is 25.7 Å². The zero-order valence-electron chi connectivity index (χ0n) is 11.2. The summed E-state index contributed by atoms with van der Waals surface area (Å²) in [7, 11) is 0. The molecule has 2 rings (SSSR count). The van der Waals surface area contributed by atoms with Crippen LogP contribution in [0.2, 0.25) is 0 Å². The molecule has 3 heteroatoms. The van der Waals surface area contributed by atoms with E-state index >= 15 is 0 Å². The van der Waals surface area contributed by atoms with Crippen LogP contribution in [0, 0.1) is 0 Å². The molecule has 18 heavy (non-hydrogen) atoms. The minimum atomic E-state index is 0.586. The first-order chi connectivity index (χ1) is 8.90. The predicted octanol–water partition coefficient (Wildman–Crippen LogP) is 2.78. The summed E-state index contributed by atoms with van der Waals surface area (Å²) in [4.78, 5) is 0. The van der Waals surface area contributed by atoms with Crippen LogP contribution in [0.3, 0.4) is 0 Å². The van der Waals surface area contributed by atoms with Crippen molar-refractivity contribution < 1.29 is 4.74 Å². The Morgan fingerprint density at radius 2 is 2.17 bits per heavy atom. The Hall–Kier alpha value is -1.06. The summed E-state index contributed by atoms with van der Waals surface area (Å²) in [6.07, 6.45) is 3.70. The summed E-state index contributed by atoms with van der Waals surface area (Å²) in [6, 6.07) is 9.06. The molecular weight excluding hydrogens is 224 g/mol. The molecule has 0 spiro atoms. The molecule has 1 aliphatic rings. The largest absolute Gasteiger partial charge is 0.382 e. The van der Waals surface area contributed by atoms with Crippen LogP contribution in [0.1, 0.15) is 31.7 Å². The highest BCUT2D eigenvalue weighted by atomic mass is 16.5. The highest BCUT2D eigenvalue weighted by molar-refractivity contribution is 5.51. The monoisotopic (exact) mass is 248 g/mol. The van der Waals surface area contributed by atoms with Gasteiger partial charge in [-0.1, -0.05) is 18.2 Å². The van der Waals surface area contributed by atoms with Crippen molar-refractivity contribution in [1.82, 2.24) is 5.32 Å². The minimum Gasteiger partial charge on any atom is -0.382 e. The maximum Gasteiger partial charge on any atom is 0.0736 e. The van der Waals surface area contributed by atoms with Crippen molar-refractivity contribution >= 4 is 5.69 Å². The zero-order valence-corrected chi connectivity index (χ0v) is 11.2. The third-order valence-corrected chi connectivity index (χ3v) is 3.41. The first kappa shape index (κ1) is 13.4. The highest BCUT2D eigenvalue weighted by Crippen LogP contribution is 2.20. The Morgan fingerprint density at radius 3 is 3.06 bits per heavy atom. The fourth-order valence-corrected chi connectivity index (χ4v) is 2.38. The average molecular weight is 248 g/mol. The van der Waals surface area contributed by atoms with Gasteiger partial charge in [0.05, 0.1) is 6.61 Å². The first-order valence-corrected chi connectivity index (χ1v) is 7.03. The van der Waals surface area contributed by atoms with Gasteiger partial charge in [0.2, 0.25) is 0 Å². The molecule has 100 valence electrons. The lowest BCUT2D eigenvalue weighted by Gasteiger charge is -2.20. The summed E-state index contributed by atoms with van der Waals surface area (Å²) < 4.78 is 5.52. The third-order valence-electron chi connectivity index (χ3n) is 3.41. The van der Waals surface area contributed by atoms with E-state index in [1.54, 1.807) is 0 Å². The van der Waals surface area contributed by atoms with E-state index in [0.717, 1.165) is 19.7 Å². The van der Waals surface area contributed by atoms with Crippen LogP contribution in [0.15, 0.2) is 24.3 Å². The topological polar surface area (TPSA) is 33.3 Å². The van der Waals surface area contributed by atoms with Crippen LogP contribution < -0.4 is 10.6 Å². The van der Waals surface area contributed by atoms with Crippen molar-refractivity contribution in [3.8, 4) is 0 Å². The van der Waals surface area contributed by atoms with Crippen LogP contribution in [0.25, 0.3) is 0 Å². The second-order valence-corrected chi connectivity index (χ2v) is 4.82. The van der Waals surface area contributed by atoms with Crippen LogP contribution in [0.4, 0.5) is 5.69 Å². The number of ether oxygens (including phenoxy) is 1. The lowest BCUT2D eigenvalue weighted by Crippen LogP contribution is -2.22. The molecule has 0 amide bonds. The van der Waals surface area contributed by atoms with Crippen LogP contribution in [-0.2, 0) is 11.3 Å². The molecule has 2 N–H and O–H groups in total. The van der Waals surface area contributed by atoms with Crippen LogP contribution in [0.5, 0.6) is 0 Å². The summed E-state index contributed by atoms with van der Waals surface area (Å²) >= 11 is 0. The number of para-hydroxylation sites is 1. The molecule has 1 fully saturated rings. The van der Waals surface area contributed by atoms with Crippen molar-refractivity contribution in [1.29, 1.82) is 0 Å². The Morgan fingerprint density at radius 1 is 1.28 bits per heavy atom. The van der Waals surface area contributed by atoms with E-state index in [2.05, 4.69) is 34.9 Å². The van der Waals surface area contributed by atoms with E-state index < -0.39 is 0 Å². The molecule has 3 nitrogen and oxygen atoms in total. The quantitative estimate of drug-likeness (QED) is 0.840. The molecular formula is C15H24N2O. The molecule has 1 heterocycles. The summed E-state index contributed by atoms with van der Waals surface area (Å²) in [5.41, 5.74) is 2.49. The third kappa shape index (κ3) is 4.00. The van der Waals surface area contributed by atoms with Gasteiger partial charge in [0, 0.05) is 23.9 Å². The van der Waals surface area contributed by atoms with Gasteiger partial charge >= 0.3 is 0 Å². The SMILES string of the molecule is CCOCc1ccccc1NC1CCCNCC1. The number of anilines is 1. The van der Waals surface area contributed by atoms with Crippen molar-refractivity contribution in [2.45, 2.75) is 38.8 Å². The molecule has 1 atom stereocenters. The zero-order chi connectivity index (χ0) is 12.6. The molecule has 0 saturated carbocycles. The number of hydrogen-bond acceptors (Lipinski definition) is 3. The van der Waals surface area contributed by atoms with Gasteiger partial charge in [-0.2, -0.15) is 0 Å². The van der Waals surface area contributed by atoms with E-state index in [9.17, 15) is 0 Å². The fourth-order valence-electron chi connectivity index (χ4n) is 2.38. The van der Waals surface area contributed by atoms with E-state index in [-0.39, 0.29) is 0 Å². The van der Waals surface area contributed by atoms with Crippen molar-refractivity contribution in [3.05, 3.63) is 29.8 Å². The van der Waals surface area contributed by atoms with E-state index in [4.69, 9.17) is 4.74 Å². The molecule has 1 aliphatic heterocycles. The molecule has 0 radical (unpaired) electrons. The van der Waals surface area contributed by atoms with Gasteiger partial charge in [-0.05, 0) is 45.3 Å². The lowest BCUT2D eigenvalue weighted by atomic mass is 10.1. The first-order valence-electron chi connectivity index (χ1n) is 7.03. The van der Waals surface area contributed by atoms with E-state index in [0.29, 0.717) is 12.6 Å². The second-order valence-electron chi connectivity index (χ2n) is 4.82. The molecule has 1 aromatic rings. The second kappa shape index (κ2) is 7.39. The Labute approximate surface area is 110 Å². The number of nitrogens with one attached hydrogen (secondary N) is 2. The maximum atomic E-state index is 5.52. The number of rotatable bonds is 5. The van der Waals surface area contributed by atoms with Crippen molar-refractivity contribution in [2.75, 3.05) is 25.0 Å². The standard InChI is InChI=1S/C15H24N2O/c1-2-18-12-13-6-3-4-8-15(13)17-14-7-5-10-16-11-9-14/h3-4,6,8,14,16-17H,2,5,7,9-12H2,1H3. The predicted molar refractivity (Wildman–Crippen MR) is 75.9 cm³/mol. The average Bonchev–Trinajstić information content (AvgIpc) is 2.66. The molecule has 0 aliphatic carbocycles. The summed E-state index contributed by atoms with van der Waals surface area (Å²) in [5, 5.41) is 7.13.